The highest BCUT2D eigenvalue weighted by Gasteiger charge is 2.31. The van der Waals surface area contributed by atoms with Crippen LogP contribution in [0.25, 0.3) is 0 Å². The molecule has 0 amide bonds. The van der Waals surface area contributed by atoms with Crippen LogP contribution < -0.4 is 5.32 Å². The second kappa shape index (κ2) is 6.53. The fourth-order valence-electron chi connectivity index (χ4n) is 2.33. The molecule has 0 aliphatic carbocycles. The molecule has 1 rings (SSSR count). The number of thiophene rings is 1. The van der Waals surface area contributed by atoms with E-state index in [1.807, 2.05) is 14.2 Å². The summed E-state index contributed by atoms with van der Waals surface area (Å²) < 4.78 is 5.68. The van der Waals surface area contributed by atoms with Crippen molar-refractivity contribution in [1.29, 1.82) is 0 Å². The van der Waals surface area contributed by atoms with E-state index in [0.29, 0.717) is 6.04 Å². The second-order valence-corrected chi connectivity index (χ2v) is 6.37. The first kappa shape index (κ1) is 14.7. The first-order chi connectivity index (χ1) is 7.99. The van der Waals surface area contributed by atoms with Gasteiger partial charge in [0.2, 0.25) is 0 Å². The highest BCUT2D eigenvalue weighted by Crippen LogP contribution is 2.26. The SMILES string of the molecule is CNC(CCc1ccsc1)C(OC)C(C)(C)C. The van der Waals surface area contributed by atoms with Crippen molar-refractivity contribution in [2.75, 3.05) is 14.2 Å². The monoisotopic (exact) mass is 255 g/mol. The van der Waals surface area contributed by atoms with E-state index in [9.17, 15) is 0 Å². The van der Waals surface area contributed by atoms with Gasteiger partial charge in [-0.15, -0.1) is 0 Å². The molecule has 0 spiro atoms. The van der Waals surface area contributed by atoms with Gasteiger partial charge in [0.25, 0.3) is 0 Å². The van der Waals surface area contributed by atoms with E-state index in [0.717, 1.165) is 12.8 Å². The maximum atomic E-state index is 5.68. The lowest BCUT2D eigenvalue weighted by Gasteiger charge is -2.36. The van der Waals surface area contributed by atoms with Gasteiger partial charge < -0.3 is 10.1 Å². The van der Waals surface area contributed by atoms with E-state index in [-0.39, 0.29) is 11.5 Å². The molecule has 1 aromatic rings. The van der Waals surface area contributed by atoms with Gasteiger partial charge >= 0.3 is 0 Å². The first-order valence-electron chi connectivity index (χ1n) is 6.20. The Morgan fingerprint density at radius 1 is 1.41 bits per heavy atom. The van der Waals surface area contributed by atoms with Crippen LogP contribution in [0.1, 0.15) is 32.8 Å². The lowest BCUT2D eigenvalue weighted by atomic mass is 9.82. The molecule has 3 heteroatoms. The van der Waals surface area contributed by atoms with Crippen molar-refractivity contribution in [1.82, 2.24) is 5.32 Å². The summed E-state index contributed by atoms with van der Waals surface area (Å²) in [7, 11) is 3.83. The van der Waals surface area contributed by atoms with Crippen LogP contribution in [0.15, 0.2) is 16.8 Å². The van der Waals surface area contributed by atoms with E-state index in [1.54, 1.807) is 11.3 Å². The number of likely N-dealkylation sites (N-methyl/N-ethyl adjacent to an activating group) is 1. The van der Waals surface area contributed by atoms with Crippen LogP contribution in [0, 0.1) is 5.41 Å². The van der Waals surface area contributed by atoms with Crippen molar-refractivity contribution < 1.29 is 4.74 Å². The van der Waals surface area contributed by atoms with Gasteiger partial charge in [0, 0.05) is 13.2 Å². The Morgan fingerprint density at radius 3 is 2.53 bits per heavy atom. The summed E-state index contributed by atoms with van der Waals surface area (Å²) in [4.78, 5) is 0. The quantitative estimate of drug-likeness (QED) is 0.842. The summed E-state index contributed by atoms with van der Waals surface area (Å²) in [6.07, 6.45) is 2.47. The third kappa shape index (κ3) is 4.41. The minimum atomic E-state index is 0.164. The molecule has 98 valence electrons. The molecule has 0 bridgehead atoms. The molecule has 17 heavy (non-hydrogen) atoms. The highest BCUT2D eigenvalue weighted by molar-refractivity contribution is 7.07. The Bertz CT molecular complexity index is 303. The normalized spacial score (nSPS) is 15.8. The van der Waals surface area contributed by atoms with Gasteiger partial charge in [-0.2, -0.15) is 11.3 Å². The number of aryl methyl sites for hydroxylation is 1. The molecular formula is C14H25NOS. The summed E-state index contributed by atoms with van der Waals surface area (Å²) in [5.74, 6) is 0. The maximum Gasteiger partial charge on any atom is 0.0772 e. The summed E-state index contributed by atoms with van der Waals surface area (Å²) in [6.45, 7) is 6.70. The van der Waals surface area contributed by atoms with E-state index in [2.05, 4.69) is 42.9 Å². The number of rotatable bonds is 6. The topological polar surface area (TPSA) is 21.3 Å². The first-order valence-corrected chi connectivity index (χ1v) is 7.14. The van der Waals surface area contributed by atoms with Crippen molar-refractivity contribution in [3.63, 3.8) is 0 Å². The predicted molar refractivity (Wildman–Crippen MR) is 75.7 cm³/mol. The summed E-state index contributed by atoms with van der Waals surface area (Å²) in [6, 6.07) is 2.61. The number of ether oxygens (including phenoxy) is 1. The third-order valence-corrected chi connectivity index (χ3v) is 3.90. The van der Waals surface area contributed by atoms with Crippen molar-refractivity contribution in [3.05, 3.63) is 22.4 Å². The van der Waals surface area contributed by atoms with E-state index >= 15 is 0 Å². The fourth-order valence-corrected chi connectivity index (χ4v) is 3.03. The van der Waals surface area contributed by atoms with Crippen molar-refractivity contribution in [2.45, 2.75) is 45.8 Å². The van der Waals surface area contributed by atoms with Crippen LogP contribution in [0.2, 0.25) is 0 Å². The number of methoxy groups -OCH3 is 1. The average molecular weight is 255 g/mol. The Labute approximate surface area is 109 Å². The molecule has 0 fully saturated rings. The summed E-state index contributed by atoms with van der Waals surface area (Å²) in [5, 5.41) is 7.77. The molecule has 1 heterocycles. The van der Waals surface area contributed by atoms with Crippen LogP contribution in [-0.4, -0.2) is 26.3 Å². The molecule has 1 N–H and O–H groups in total. The molecule has 0 aliphatic heterocycles. The number of nitrogens with one attached hydrogen (secondary N) is 1. The fraction of sp³-hybridized carbons (Fsp3) is 0.714. The Balaban J connectivity index is 2.57. The van der Waals surface area contributed by atoms with Gasteiger partial charge in [0.05, 0.1) is 6.10 Å². The largest absolute Gasteiger partial charge is 0.379 e. The van der Waals surface area contributed by atoms with Crippen LogP contribution in [0.4, 0.5) is 0 Å². The third-order valence-electron chi connectivity index (χ3n) is 3.17. The van der Waals surface area contributed by atoms with Gasteiger partial charge in [-0.3, -0.25) is 0 Å². The molecule has 0 aliphatic rings. The molecule has 0 aromatic carbocycles. The van der Waals surface area contributed by atoms with Crippen molar-refractivity contribution in [3.8, 4) is 0 Å². The maximum absolute atomic E-state index is 5.68. The zero-order valence-corrected chi connectivity index (χ0v) is 12.4. The molecule has 0 saturated heterocycles. The summed E-state index contributed by atoms with van der Waals surface area (Å²) in [5.41, 5.74) is 1.59. The van der Waals surface area contributed by atoms with Crippen LogP contribution in [0.3, 0.4) is 0 Å². The number of hydrogen-bond donors (Lipinski definition) is 1. The van der Waals surface area contributed by atoms with Gasteiger partial charge in [0.15, 0.2) is 0 Å². The minimum Gasteiger partial charge on any atom is -0.379 e. The smallest absolute Gasteiger partial charge is 0.0772 e. The van der Waals surface area contributed by atoms with Crippen LogP contribution >= 0.6 is 11.3 Å². The number of hydrogen-bond acceptors (Lipinski definition) is 3. The Kier molecular flexibility index (Phi) is 5.63. The highest BCUT2D eigenvalue weighted by atomic mass is 32.1. The van der Waals surface area contributed by atoms with Gasteiger partial charge in [0.1, 0.15) is 0 Å². The molecule has 2 atom stereocenters. The molecular weight excluding hydrogens is 230 g/mol. The van der Waals surface area contributed by atoms with Crippen LogP contribution in [-0.2, 0) is 11.2 Å². The standard InChI is InChI=1S/C14H25NOS/c1-14(2,3)13(16-5)12(15-4)7-6-11-8-9-17-10-11/h8-10,12-13,15H,6-7H2,1-5H3. The van der Waals surface area contributed by atoms with Gasteiger partial charge in [-0.25, -0.2) is 0 Å². The molecule has 0 saturated carbocycles. The predicted octanol–water partition coefficient (Wildman–Crippen LogP) is 3.33. The van der Waals surface area contributed by atoms with E-state index in [1.165, 1.54) is 5.56 Å². The zero-order chi connectivity index (χ0) is 12.9. The average Bonchev–Trinajstić information content (AvgIpc) is 2.74. The van der Waals surface area contributed by atoms with Crippen LogP contribution in [0.5, 0.6) is 0 Å². The summed E-state index contributed by atoms with van der Waals surface area (Å²) >= 11 is 1.77. The lowest BCUT2D eigenvalue weighted by molar-refractivity contribution is -0.0112. The Morgan fingerprint density at radius 2 is 2.12 bits per heavy atom. The lowest BCUT2D eigenvalue weighted by Crippen LogP contribution is -2.46. The molecule has 2 unspecified atom stereocenters. The Hall–Kier alpha value is -0.380. The van der Waals surface area contributed by atoms with Gasteiger partial charge in [-0.05, 0) is 47.7 Å². The van der Waals surface area contributed by atoms with E-state index < -0.39 is 0 Å². The minimum absolute atomic E-state index is 0.164. The van der Waals surface area contributed by atoms with Gasteiger partial charge in [-0.1, -0.05) is 20.8 Å². The molecule has 0 radical (unpaired) electrons. The second-order valence-electron chi connectivity index (χ2n) is 5.59. The van der Waals surface area contributed by atoms with E-state index in [4.69, 9.17) is 4.74 Å². The van der Waals surface area contributed by atoms with Crippen molar-refractivity contribution >= 4 is 11.3 Å². The zero-order valence-electron chi connectivity index (χ0n) is 11.6. The molecule has 2 nitrogen and oxygen atoms in total. The van der Waals surface area contributed by atoms with Crippen molar-refractivity contribution in [2.24, 2.45) is 5.41 Å². The molecule has 1 aromatic heterocycles.